The molecule has 2 atom stereocenters. The molecule has 0 saturated heterocycles. The first-order valence-electron chi connectivity index (χ1n) is 8.15. The van der Waals surface area contributed by atoms with E-state index < -0.39 is 0 Å². The van der Waals surface area contributed by atoms with Crippen molar-refractivity contribution in [2.75, 3.05) is 14.1 Å². The molecule has 0 spiro atoms. The third-order valence-corrected chi connectivity index (χ3v) is 5.08. The van der Waals surface area contributed by atoms with Crippen LogP contribution < -0.4 is 5.32 Å². The van der Waals surface area contributed by atoms with E-state index >= 15 is 0 Å². The van der Waals surface area contributed by atoms with Gasteiger partial charge in [0.1, 0.15) is 0 Å². The van der Waals surface area contributed by atoms with E-state index in [1.807, 2.05) is 0 Å². The lowest BCUT2D eigenvalue weighted by molar-refractivity contribution is 0.154. The fourth-order valence-corrected chi connectivity index (χ4v) is 3.53. The second-order valence-electron chi connectivity index (χ2n) is 6.21. The largest absolute Gasteiger partial charge is 0.312 e. The zero-order chi connectivity index (χ0) is 14.5. The van der Waals surface area contributed by atoms with E-state index in [4.69, 9.17) is 0 Å². The number of nitrogens with one attached hydrogen (secondary N) is 1. The average Bonchev–Trinajstić information content (AvgIpc) is 3.02. The molecule has 2 rings (SSSR count). The summed E-state index contributed by atoms with van der Waals surface area (Å²) in [5.41, 5.74) is 2.82. The van der Waals surface area contributed by atoms with Crippen molar-refractivity contribution in [3.63, 3.8) is 0 Å². The van der Waals surface area contributed by atoms with Crippen LogP contribution in [-0.4, -0.2) is 31.1 Å². The SMILES string of the molecule is CCc1ccc(C(NC)C(C)N(C)C2CCCC2)cc1. The molecular weight excluding hydrogens is 244 g/mol. The standard InChI is InChI=1S/C18H30N2/c1-5-15-10-12-16(13-11-15)18(19-3)14(2)20(4)17-8-6-7-9-17/h10-14,17-19H,5-9H2,1-4H3. The van der Waals surface area contributed by atoms with Gasteiger partial charge in [0, 0.05) is 18.1 Å². The van der Waals surface area contributed by atoms with Gasteiger partial charge in [-0.15, -0.1) is 0 Å². The van der Waals surface area contributed by atoms with Gasteiger partial charge in [-0.25, -0.2) is 0 Å². The average molecular weight is 274 g/mol. The van der Waals surface area contributed by atoms with Crippen LogP contribution in [0.3, 0.4) is 0 Å². The van der Waals surface area contributed by atoms with Crippen molar-refractivity contribution in [2.24, 2.45) is 0 Å². The van der Waals surface area contributed by atoms with Gasteiger partial charge in [0.05, 0.1) is 0 Å². The van der Waals surface area contributed by atoms with E-state index in [1.165, 1.54) is 36.8 Å². The maximum Gasteiger partial charge on any atom is 0.0473 e. The molecule has 2 nitrogen and oxygen atoms in total. The van der Waals surface area contributed by atoms with Gasteiger partial charge in [-0.3, -0.25) is 4.90 Å². The Kier molecular flexibility index (Phi) is 5.62. The molecule has 2 heteroatoms. The molecule has 0 radical (unpaired) electrons. The van der Waals surface area contributed by atoms with E-state index in [1.54, 1.807) is 0 Å². The summed E-state index contributed by atoms with van der Waals surface area (Å²) in [5.74, 6) is 0. The van der Waals surface area contributed by atoms with Gasteiger partial charge in [0.15, 0.2) is 0 Å². The minimum Gasteiger partial charge on any atom is -0.312 e. The number of rotatable bonds is 6. The Bertz CT molecular complexity index is 392. The number of likely N-dealkylation sites (N-methyl/N-ethyl adjacent to an activating group) is 2. The summed E-state index contributed by atoms with van der Waals surface area (Å²) in [6, 6.07) is 10.8. The molecule has 0 bridgehead atoms. The first kappa shape index (κ1) is 15.5. The smallest absolute Gasteiger partial charge is 0.0473 e. The summed E-state index contributed by atoms with van der Waals surface area (Å²) in [4.78, 5) is 2.59. The Labute approximate surface area is 124 Å². The van der Waals surface area contributed by atoms with E-state index in [0.29, 0.717) is 12.1 Å². The van der Waals surface area contributed by atoms with Crippen LogP contribution in [-0.2, 0) is 6.42 Å². The van der Waals surface area contributed by atoms with Crippen molar-refractivity contribution in [3.05, 3.63) is 35.4 Å². The summed E-state index contributed by atoms with van der Waals surface area (Å²) in [6.45, 7) is 4.56. The molecule has 1 fully saturated rings. The lowest BCUT2D eigenvalue weighted by Gasteiger charge is -2.36. The summed E-state index contributed by atoms with van der Waals surface area (Å²) in [5, 5.41) is 3.52. The van der Waals surface area contributed by atoms with Gasteiger partial charge < -0.3 is 5.32 Å². The Hall–Kier alpha value is -0.860. The van der Waals surface area contributed by atoms with Gasteiger partial charge in [0.25, 0.3) is 0 Å². The summed E-state index contributed by atoms with van der Waals surface area (Å²) < 4.78 is 0. The van der Waals surface area contributed by atoms with Gasteiger partial charge in [-0.05, 0) is 51.4 Å². The van der Waals surface area contributed by atoms with Crippen LogP contribution in [0.4, 0.5) is 0 Å². The van der Waals surface area contributed by atoms with Gasteiger partial charge in [0.2, 0.25) is 0 Å². The monoisotopic (exact) mass is 274 g/mol. The van der Waals surface area contributed by atoms with Crippen LogP contribution in [0.5, 0.6) is 0 Å². The molecule has 1 aromatic rings. The van der Waals surface area contributed by atoms with Crippen molar-refractivity contribution in [1.29, 1.82) is 0 Å². The Morgan fingerprint density at radius 1 is 1.20 bits per heavy atom. The lowest BCUT2D eigenvalue weighted by Crippen LogP contribution is -2.44. The highest BCUT2D eigenvalue weighted by molar-refractivity contribution is 5.26. The molecule has 1 saturated carbocycles. The van der Waals surface area contributed by atoms with Crippen molar-refractivity contribution in [2.45, 2.75) is 64.1 Å². The fraction of sp³-hybridized carbons (Fsp3) is 0.667. The van der Waals surface area contributed by atoms with Crippen LogP contribution in [0.2, 0.25) is 0 Å². The van der Waals surface area contributed by atoms with E-state index in [9.17, 15) is 0 Å². The Morgan fingerprint density at radius 3 is 2.30 bits per heavy atom. The zero-order valence-electron chi connectivity index (χ0n) is 13.5. The molecular formula is C18H30N2. The topological polar surface area (TPSA) is 15.3 Å². The molecule has 2 unspecified atom stereocenters. The molecule has 1 aliphatic carbocycles. The number of hydrogen-bond acceptors (Lipinski definition) is 2. The van der Waals surface area contributed by atoms with Crippen LogP contribution in [0, 0.1) is 0 Å². The Balaban J connectivity index is 2.08. The predicted octanol–water partition coefficient (Wildman–Crippen LogP) is 3.77. The third-order valence-electron chi connectivity index (χ3n) is 5.08. The second-order valence-corrected chi connectivity index (χ2v) is 6.21. The zero-order valence-corrected chi connectivity index (χ0v) is 13.5. The van der Waals surface area contributed by atoms with E-state index in [-0.39, 0.29) is 0 Å². The maximum atomic E-state index is 3.52. The number of nitrogens with zero attached hydrogens (tertiary/aromatic N) is 1. The lowest BCUT2D eigenvalue weighted by atomic mass is 9.97. The van der Waals surface area contributed by atoms with Crippen molar-refractivity contribution < 1.29 is 0 Å². The summed E-state index contributed by atoms with van der Waals surface area (Å²) in [6.07, 6.45) is 6.65. The molecule has 1 aromatic carbocycles. The molecule has 0 amide bonds. The molecule has 20 heavy (non-hydrogen) atoms. The van der Waals surface area contributed by atoms with Crippen LogP contribution >= 0.6 is 0 Å². The fourth-order valence-electron chi connectivity index (χ4n) is 3.53. The Morgan fingerprint density at radius 2 is 1.80 bits per heavy atom. The number of benzene rings is 1. The van der Waals surface area contributed by atoms with Crippen molar-refractivity contribution in [3.8, 4) is 0 Å². The molecule has 112 valence electrons. The maximum absolute atomic E-state index is 3.52. The second kappa shape index (κ2) is 7.24. The first-order chi connectivity index (χ1) is 9.67. The van der Waals surface area contributed by atoms with Crippen molar-refractivity contribution in [1.82, 2.24) is 10.2 Å². The van der Waals surface area contributed by atoms with Gasteiger partial charge >= 0.3 is 0 Å². The summed E-state index contributed by atoms with van der Waals surface area (Å²) >= 11 is 0. The van der Waals surface area contributed by atoms with Gasteiger partial charge in [-0.2, -0.15) is 0 Å². The predicted molar refractivity (Wildman–Crippen MR) is 87.1 cm³/mol. The van der Waals surface area contributed by atoms with Crippen LogP contribution in [0.25, 0.3) is 0 Å². The minimum atomic E-state index is 0.409. The highest BCUT2D eigenvalue weighted by Crippen LogP contribution is 2.28. The van der Waals surface area contributed by atoms with Crippen LogP contribution in [0.1, 0.15) is 56.7 Å². The van der Waals surface area contributed by atoms with E-state index in [0.717, 1.165) is 12.5 Å². The molecule has 1 aliphatic rings. The highest BCUT2D eigenvalue weighted by Gasteiger charge is 2.28. The number of aryl methyl sites for hydroxylation is 1. The van der Waals surface area contributed by atoms with Gasteiger partial charge in [-0.1, -0.05) is 44.0 Å². The summed E-state index contributed by atoms with van der Waals surface area (Å²) in [7, 11) is 4.38. The molecule has 1 N–H and O–H groups in total. The normalized spacial score (nSPS) is 19.4. The molecule has 0 heterocycles. The minimum absolute atomic E-state index is 0.409. The molecule has 0 aromatic heterocycles. The third kappa shape index (κ3) is 3.42. The first-order valence-corrected chi connectivity index (χ1v) is 8.15. The molecule has 0 aliphatic heterocycles. The van der Waals surface area contributed by atoms with Crippen molar-refractivity contribution >= 4 is 0 Å². The van der Waals surface area contributed by atoms with Crippen LogP contribution in [0.15, 0.2) is 24.3 Å². The highest BCUT2D eigenvalue weighted by atomic mass is 15.2. The quantitative estimate of drug-likeness (QED) is 0.849. The van der Waals surface area contributed by atoms with E-state index in [2.05, 4.69) is 62.4 Å². The number of hydrogen-bond donors (Lipinski definition) is 1.